The van der Waals surface area contributed by atoms with E-state index in [1.54, 1.807) is 30.3 Å². The topological polar surface area (TPSA) is 59.3 Å². The standard InChI is InChI=1S/C15H10ClNO3S2/c16-13-6-5-12(22-13)15(19)17-8-9-3-4-11(21-9)14(18)10-2-1-7-20-10/h1-7H,8H2,(H,17,19). The van der Waals surface area contributed by atoms with Crippen LogP contribution >= 0.6 is 34.3 Å². The lowest BCUT2D eigenvalue weighted by atomic mass is 10.2. The third-order valence-corrected chi connectivity index (χ3v) is 5.16. The Kier molecular flexibility index (Phi) is 4.42. The molecule has 112 valence electrons. The number of thiophene rings is 2. The molecular weight excluding hydrogens is 342 g/mol. The second-order valence-corrected chi connectivity index (χ2v) is 7.24. The second kappa shape index (κ2) is 6.48. The first-order chi connectivity index (χ1) is 10.6. The highest BCUT2D eigenvalue weighted by molar-refractivity contribution is 7.18. The van der Waals surface area contributed by atoms with Gasteiger partial charge >= 0.3 is 0 Å². The van der Waals surface area contributed by atoms with Gasteiger partial charge in [0.25, 0.3) is 5.91 Å². The van der Waals surface area contributed by atoms with Crippen LogP contribution in [-0.4, -0.2) is 11.7 Å². The van der Waals surface area contributed by atoms with Crippen LogP contribution < -0.4 is 5.32 Å². The van der Waals surface area contributed by atoms with Crippen LogP contribution in [-0.2, 0) is 6.54 Å². The number of nitrogens with one attached hydrogen (secondary N) is 1. The van der Waals surface area contributed by atoms with Crippen LogP contribution in [0.25, 0.3) is 0 Å². The molecule has 0 saturated carbocycles. The lowest BCUT2D eigenvalue weighted by molar-refractivity contribution is 0.0954. The van der Waals surface area contributed by atoms with E-state index >= 15 is 0 Å². The van der Waals surface area contributed by atoms with Crippen molar-refractivity contribution in [1.82, 2.24) is 5.32 Å². The molecule has 0 saturated heterocycles. The largest absolute Gasteiger partial charge is 0.461 e. The van der Waals surface area contributed by atoms with Crippen molar-refractivity contribution in [3.8, 4) is 0 Å². The monoisotopic (exact) mass is 351 g/mol. The Morgan fingerprint density at radius 2 is 1.91 bits per heavy atom. The van der Waals surface area contributed by atoms with Gasteiger partial charge in [0.15, 0.2) is 5.76 Å². The summed E-state index contributed by atoms with van der Waals surface area (Å²) in [7, 11) is 0. The van der Waals surface area contributed by atoms with E-state index < -0.39 is 0 Å². The summed E-state index contributed by atoms with van der Waals surface area (Å²) in [6, 6.07) is 10.2. The Morgan fingerprint density at radius 1 is 1.09 bits per heavy atom. The van der Waals surface area contributed by atoms with Crippen LogP contribution in [0.3, 0.4) is 0 Å². The van der Waals surface area contributed by atoms with Gasteiger partial charge in [0.2, 0.25) is 5.78 Å². The predicted octanol–water partition coefficient (Wildman–Crippen LogP) is 4.22. The summed E-state index contributed by atoms with van der Waals surface area (Å²) >= 11 is 8.37. The lowest BCUT2D eigenvalue weighted by Gasteiger charge is -2.00. The average Bonchev–Trinajstić information content (AvgIpc) is 3.25. The normalized spacial score (nSPS) is 10.6. The Hall–Kier alpha value is -1.89. The van der Waals surface area contributed by atoms with E-state index in [0.717, 1.165) is 4.88 Å². The van der Waals surface area contributed by atoms with Gasteiger partial charge in [0, 0.05) is 4.88 Å². The lowest BCUT2D eigenvalue weighted by Crippen LogP contribution is -2.21. The van der Waals surface area contributed by atoms with Crippen LogP contribution in [0.2, 0.25) is 4.34 Å². The van der Waals surface area contributed by atoms with E-state index in [1.165, 1.54) is 28.9 Å². The number of carbonyl (C=O) groups excluding carboxylic acids is 2. The fourth-order valence-electron chi connectivity index (χ4n) is 1.81. The van der Waals surface area contributed by atoms with E-state index in [-0.39, 0.29) is 11.7 Å². The van der Waals surface area contributed by atoms with Gasteiger partial charge in [0.05, 0.1) is 26.9 Å². The maximum absolute atomic E-state index is 12.1. The molecule has 0 spiro atoms. The van der Waals surface area contributed by atoms with Crippen molar-refractivity contribution in [2.75, 3.05) is 0 Å². The van der Waals surface area contributed by atoms with Crippen molar-refractivity contribution in [2.24, 2.45) is 0 Å². The first-order valence-corrected chi connectivity index (χ1v) is 8.35. The minimum atomic E-state index is -0.177. The molecule has 4 nitrogen and oxygen atoms in total. The van der Waals surface area contributed by atoms with Gasteiger partial charge in [-0.3, -0.25) is 9.59 Å². The molecule has 0 fully saturated rings. The van der Waals surface area contributed by atoms with Crippen molar-refractivity contribution in [1.29, 1.82) is 0 Å². The van der Waals surface area contributed by atoms with Crippen molar-refractivity contribution in [3.05, 3.63) is 67.4 Å². The van der Waals surface area contributed by atoms with Crippen molar-refractivity contribution in [2.45, 2.75) is 6.54 Å². The molecule has 1 N–H and O–H groups in total. The summed E-state index contributed by atoms with van der Waals surface area (Å²) in [6.45, 7) is 0.366. The Labute approximate surface area is 139 Å². The molecule has 0 unspecified atom stereocenters. The molecule has 3 aromatic rings. The molecule has 0 atom stereocenters. The van der Waals surface area contributed by atoms with E-state index in [2.05, 4.69) is 5.32 Å². The minimum absolute atomic E-state index is 0.155. The average molecular weight is 352 g/mol. The molecule has 1 amide bonds. The van der Waals surface area contributed by atoms with E-state index in [1.807, 2.05) is 6.07 Å². The van der Waals surface area contributed by atoms with Crippen LogP contribution in [0.15, 0.2) is 47.1 Å². The quantitative estimate of drug-likeness (QED) is 0.700. The third-order valence-electron chi connectivity index (χ3n) is 2.85. The molecule has 0 radical (unpaired) electrons. The van der Waals surface area contributed by atoms with Gasteiger partial charge in [-0.15, -0.1) is 22.7 Å². The van der Waals surface area contributed by atoms with Crippen LogP contribution in [0.4, 0.5) is 0 Å². The molecule has 3 rings (SSSR count). The molecule has 7 heteroatoms. The highest BCUT2D eigenvalue weighted by Gasteiger charge is 2.15. The molecule has 3 heterocycles. The summed E-state index contributed by atoms with van der Waals surface area (Å²) in [6.07, 6.45) is 1.47. The predicted molar refractivity (Wildman–Crippen MR) is 87.0 cm³/mol. The first kappa shape index (κ1) is 15.0. The zero-order chi connectivity index (χ0) is 15.5. The molecule has 0 aliphatic rings. The van der Waals surface area contributed by atoms with Crippen molar-refractivity contribution < 1.29 is 14.0 Å². The number of hydrogen-bond acceptors (Lipinski definition) is 5. The van der Waals surface area contributed by atoms with Gasteiger partial charge in [-0.05, 0) is 36.4 Å². The number of amides is 1. The number of carbonyl (C=O) groups is 2. The molecule has 0 bridgehead atoms. The van der Waals surface area contributed by atoms with Gasteiger partial charge in [-0.1, -0.05) is 11.6 Å². The molecule has 0 aliphatic carbocycles. The van der Waals surface area contributed by atoms with Gasteiger partial charge in [-0.2, -0.15) is 0 Å². The number of ketones is 1. The summed E-state index contributed by atoms with van der Waals surface area (Å²) < 4.78 is 5.67. The Bertz CT molecular complexity index is 804. The zero-order valence-corrected chi connectivity index (χ0v) is 13.6. The van der Waals surface area contributed by atoms with E-state index in [9.17, 15) is 9.59 Å². The van der Waals surface area contributed by atoms with Gasteiger partial charge in [-0.25, -0.2) is 0 Å². The fourth-order valence-corrected chi connectivity index (χ4v) is 3.67. The molecule has 3 aromatic heterocycles. The minimum Gasteiger partial charge on any atom is -0.461 e. The number of furan rings is 1. The molecule has 0 aliphatic heterocycles. The fraction of sp³-hybridized carbons (Fsp3) is 0.0667. The maximum Gasteiger partial charge on any atom is 0.261 e. The number of hydrogen-bond donors (Lipinski definition) is 1. The number of rotatable bonds is 5. The van der Waals surface area contributed by atoms with Crippen LogP contribution in [0, 0.1) is 0 Å². The van der Waals surface area contributed by atoms with Gasteiger partial charge < -0.3 is 9.73 Å². The maximum atomic E-state index is 12.1. The summed E-state index contributed by atoms with van der Waals surface area (Å²) in [5.74, 6) is -0.0208. The van der Waals surface area contributed by atoms with Gasteiger partial charge in [0.1, 0.15) is 0 Å². The zero-order valence-electron chi connectivity index (χ0n) is 11.2. The highest BCUT2D eigenvalue weighted by Crippen LogP contribution is 2.22. The smallest absolute Gasteiger partial charge is 0.261 e. The molecule has 22 heavy (non-hydrogen) atoms. The summed E-state index contributed by atoms with van der Waals surface area (Å²) in [4.78, 5) is 26.1. The van der Waals surface area contributed by atoms with E-state index in [4.69, 9.17) is 16.0 Å². The van der Waals surface area contributed by atoms with Crippen molar-refractivity contribution >= 4 is 46.0 Å². The molecular formula is C15H10ClNO3S2. The first-order valence-electron chi connectivity index (χ1n) is 6.34. The Balaban J connectivity index is 1.62. The van der Waals surface area contributed by atoms with Crippen LogP contribution in [0.1, 0.15) is 30.0 Å². The number of halogens is 1. The SMILES string of the molecule is O=C(NCc1ccc(C(=O)c2ccco2)s1)c1ccc(Cl)s1. The molecule has 0 aromatic carbocycles. The highest BCUT2D eigenvalue weighted by atomic mass is 35.5. The van der Waals surface area contributed by atoms with Crippen molar-refractivity contribution in [3.63, 3.8) is 0 Å². The second-order valence-electron chi connectivity index (χ2n) is 4.36. The van der Waals surface area contributed by atoms with E-state index in [0.29, 0.717) is 26.4 Å². The summed E-state index contributed by atoms with van der Waals surface area (Å²) in [5.41, 5.74) is 0. The Morgan fingerprint density at radius 3 is 2.59 bits per heavy atom. The summed E-state index contributed by atoms with van der Waals surface area (Å²) in [5, 5.41) is 2.80. The third kappa shape index (κ3) is 3.30. The van der Waals surface area contributed by atoms with Crippen LogP contribution in [0.5, 0.6) is 0 Å².